The largest absolute Gasteiger partial charge is 0.376 e. The van der Waals surface area contributed by atoms with Crippen molar-refractivity contribution in [3.8, 4) is 11.3 Å². The average molecular weight is 547 g/mol. The Morgan fingerprint density at radius 3 is 2.48 bits per heavy atom. The number of hydrogen-bond donors (Lipinski definition) is 1. The lowest BCUT2D eigenvalue weighted by Crippen LogP contribution is -2.47. The predicted octanol–water partition coefficient (Wildman–Crippen LogP) is 4.34. The quantitative estimate of drug-likeness (QED) is 0.474. The van der Waals surface area contributed by atoms with Gasteiger partial charge in [0.05, 0.1) is 11.8 Å². The number of anilines is 2. The van der Waals surface area contributed by atoms with Gasteiger partial charge in [-0.2, -0.15) is 0 Å². The number of halogens is 1. The van der Waals surface area contributed by atoms with Gasteiger partial charge in [-0.05, 0) is 74.7 Å². The number of carbonyl (C=O) groups excluding carboxylic acids is 2. The maximum absolute atomic E-state index is 13.4. The van der Waals surface area contributed by atoms with Gasteiger partial charge in [0, 0.05) is 50.6 Å². The maximum atomic E-state index is 13.4. The maximum Gasteiger partial charge on any atom is 0.322 e. The van der Waals surface area contributed by atoms with E-state index in [-0.39, 0.29) is 30.4 Å². The summed E-state index contributed by atoms with van der Waals surface area (Å²) >= 11 is 0. The van der Waals surface area contributed by atoms with Crippen molar-refractivity contribution in [1.82, 2.24) is 20.0 Å². The zero-order chi connectivity index (χ0) is 27.9. The fourth-order valence-electron chi connectivity index (χ4n) is 5.02. The molecule has 0 radical (unpaired) electrons. The van der Waals surface area contributed by atoms with Gasteiger partial charge in [0.25, 0.3) is 0 Å². The highest BCUT2D eigenvalue weighted by Crippen LogP contribution is 2.20. The SMILES string of the molecule is Cc1ccc(NC(=O)N(CC(=O)N2CCCN(c3ccc(-c4ccc(F)cc4)nn3)CC2)CC2CCCO2)cc1. The first-order valence-electron chi connectivity index (χ1n) is 13.8. The molecule has 2 fully saturated rings. The topological polar surface area (TPSA) is 90.9 Å². The average Bonchev–Trinajstić information content (AvgIpc) is 3.35. The Balaban J connectivity index is 1.19. The minimum absolute atomic E-state index is 0.0102. The number of nitrogens with zero attached hydrogens (tertiary/aromatic N) is 5. The second kappa shape index (κ2) is 12.9. The molecule has 1 N–H and O–H groups in total. The van der Waals surface area contributed by atoms with Crippen LogP contribution in [0.1, 0.15) is 24.8 Å². The molecule has 3 aromatic rings. The molecule has 2 saturated heterocycles. The molecule has 2 aromatic carbocycles. The van der Waals surface area contributed by atoms with E-state index in [9.17, 15) is 14.0 Å². The van der Waals surface area contributed by atoms with Crippen molar-refractivity contribution in [2.24, 2.45) is 0 Å². The summed E-state index contributed by atoms with van der Waals surface area (Å²) in [7, 11) is 0. The first kappa shape index (κ1) is 27.5. The second-order valence-electron chi connectivity index (χ2n) is 10.3. The third-order valence-electron chi connectivity index (χ3n) is 7.33. The molecule has 9 nitrogen and oxygen atoms in total. The Labute approximate surface area is 233 Å². The Kier molecular flexibility index (Phi) is 8.85. The van der Waals surface area contributed by atoms with E-state index in [1.807, 2.05) is 48.2 Å². The molecule has 5 rings (SSSR count). The van der Waals surface area contributed by atoms with Gasteiger partial charge >= 0.3 is 6.03 Å². The number of rotatable bonds is 7. The van der Waals surface area contributed by atoms with E-state index in [0.717, 1.165) is 42.8 Å². The monoisotopic (exact) mass is 546 g/mol. The molecular formula is C30H35FN6O3. The van der Waals surface area contributed by atoms with Gasteiger partial charge < -0.3 is 24.8 Å². The zero-order valence-corrected chi connectivity index (χ0v) is 22.8. The van der Waals surface area contributed by atoms with Crippen LogP contribution in [0.5, 0.6) is 0 Å². The number of hydrogen-bond acceptors (Lipinski definition) is 6. The Morgan fingerprint density at radius 2 is 1.77 bits per heavy atom. The van der Waals surface area contributed by atoms with Gasteiger partial charge in [0.15, 0.2) is 5.82 Å². The van der Waals surface area contributed by atoms with Crippen LogP contribution < -0.4 is 10.2 Å². The van der Waals surface area contributed by atoms with E-state index in [4.69, 9.17) is 4.74 Å². The van der Waals surface area contributed by atoms with Crippen molar-refractivity contribution >= 4 is 23.4 Å². The molecule has 2 aliphatic heterocycles. The molecule has 10 heteroatoms. The standard InChI is InChI=1S/C30H35FN6O3/c1-22-5-11-25(12-6-22)32-30(39)37(20-26-4-2-19-40-26)21-29(38)36-16-3-15-35(17-18-36)28-14-13-27(33-34-28)23-7-9-24(31)10-8-23/h5-14,26H,2-4,15-21H2,1H3,(H,32,39). The summed E-state index contributed by atoms with van der Waals surface area (Å²) in [6, 6.07) is 17.2. The number of amides is 3. The van der Waals surface area contributed by atoms with Crippen molar-refractivity contribution < 1.29 is 18.7 Å². The fourth-order valence-corrected chi connectivity index (χ4v) is 5.02. The number of benzene rings is 2. The Morgan fingerprint density at radius 1 is 0.975 bits per heavy atom. The first-order valence-corrected chi connectivity index (χ1v) is 13.8. The lowest BCUT2D eigenvalue weighted by molar-refractivity contribution is -0.131. The summed E-state index contributed by atoms with van der Waals surface area (Å²) < 4.78 is 19.0. The van der Waals surface area contributed by atoms with Crippen LogP contribution in [0.15, 0.2) is 60.7 Å². The van der Waals surface area contributed by atoms with Crippen LogP contribution >= 0.6 is 0 Å². The van der Waals surface area contributed by atoms with Crippen molar-refractivity contribution in [3.63, 3.8) is 0 Å². The number of aryl methyl sites for hydroxylation is 1. The molecule has 0 bridgehead atoms. The van der Waals surface area contributed by atoms with Crippen LogP contribution in [0.2, 0.25) is 0 Å². The third kappa shape index (κ3) is 7.12. The highest BCUT2D eigenvalue weighted by Gasteiger charge is 2.27. The molecule has 40 heavy (non-hydrogen) atoms. The van der Waals surface area contributed by atoms with Crippen LogP contribution in [0.25, 0.3) is 11.3 Å². The van der Waals surface area contributed by atoms with Gasteiger partial charge in [0.1, 0.15) is 12.4 Å². The first-order chi connectivity index (χ1) is 19.4. The van der Waals surface area contributed by atoms with E-state index in [2.05, 4.69) is 20.4 Å². The van der Waals surface area contributed by atoms with Gasteiger partial charge in [-0.15, -0.1) is 10.2 Å². The number of ether oxygens (including phenoxy) is 1. The normalized spacial score (nSPS) is 17.4. The van der Waals surface area contributed by atoms with Crippen molar-refractivity contribution in [2.45, 2.75) is 32.3 Å². The second-order valence-corrected chi connectivity index (χ2v) is 10.3. The van der Waals surface area contributed by atoms with E-state index >= 15 is 0 Å². The van der Waals surface area contributed by atoms with Crippen LogP contribution in [-0.4, -0.2) is 83.9 Å². The molecule has 1 atom stereocenters. The summed E-state index contributed by atoms with van der Waals surface area (Å²) in [6.45, 7) is 5.51. The molecule has 210 valence electrons. The number of aromatic nitrogens is 2. The summed E-state index contributed by atoms with van der Waals surface area (Å²) in [6.07, 6.45) is 2.55. The summed E-state index contributed by atoms with van der Waals surface area (Å²) in [5.74, 6) is 0.355. The summed E-state index contributed by atoms with van der Waals surface area (Å²) in [5.41, 5.74) is 3.27. The van der Waals surface area contributed by atoms with Gasteiger partial charge in [0.2, 0.25) is 5.91 Å². The molecular weight excluding hydrogens is 511 g/mol. The molecule has 3 amide bonds. The smallest absolute Gasteiger partial charge is 0.322 e. The Bertz CT molecular complexity index is 1280. The molecule has 1 aromatic heterocycles. The lowest BCUT2D eigenvalue weighted by Gasteiger charge is -2.28. The molecule has 2 aliphatic rings. The van der Waals surface area contributed by atoms with Crippen LogP contribution in [0.4, 0.5) is 20.7 Å². The Hall–Kier alpha value is -4.05. The van der Waals surface area contributed by atoms with Crippen molar-refractivity contribution in [2.75, 3.05) is 56.1 Å². The third-order valence-corrected chi connectivity index (χ3v) is 7.33. The fraction of sp³-hybridized carbons (Fsp3) is 0.400. The van der Waals surface area contributed by atoms with Gasteiger partial charge in [-0.25, -0.2) is 9.18 Å². The van der Waals surface area contributed by atoms with E-state index in [1.54, 1.807) is 17.0 Å². The molecule has 0 aliphatic carbocycles. The minimum atomic E-state index is -0.305. The van der Waals surface area contributed by atoms with Gasteiger partial charge in [-0.3, -0.25) is 4.79 Å². The highest BCUT2D eigenvalue weighted by molar-refractivity contribution is 5.92. The van der Waals surface area contributed by atoms with Gasteiger partial charge in [-0.1, -0.05) is 17.7 Å². The minimum Gasteiger partial charge on any atom is -0.376 e. The molecule has 3 heterocycles. The zero-order valence-electron chi connectivity index (χ0n) is 22.8. The molecule has 0 saturated carbocycles. The summed E-state index contributed by atoms with van der Waals surface area (Å²) in [4.78, 5) is 32.1. The molecule has 1 unspecified atom stereocenters. The van der Waals surface area contributed by atoms with Crippen LogP contribution in [-0.2, 0) is 9.53 Å². The van der Waals surface area contributed by atoms with Crippen molar-refractivity contribution in [3.05, 3.63) is 72.0 Å². The number of nitrogens with one attached hydrogen (secondary N) is 1. The van der Waals surface area contributed by atoms with E-state index < -0.39 is 0 Å². The molecule has 0 spiro atoms. The number of urea groups is 1. The highest BCUT2D eigenvalue weighted by atomic mass is 19.1. The lowest BCUT2D eigenvalue weighted by atomic mass is 10.1. The number of carbonyl (C=O) groups is 2. The van der Waals surface area contributed by atoms with Crippen LogP contribution in [0.3, 0.4) is 0 Å². The van der Waals surface area contributed by atoms with Crippen LogP contribution in [0, 0.1) is 12.7 Å². The summed E-state index contributed by atoms with van der Waals surface area (Å²) in [5, 5.41) is 11.6. The van der Waals surface area contributed by atoms with E-state index in [1.165, 1.54) is 12.1 Å². The predicted molar refractivity (Wildman–Crippen MR) is 152 cm³/mol. The van der Waals surface area contributed by atoms with Crippen molar-refractivity contribution in [1.29, 1.82) is 0 Å². The van der Waals surface area contributed by atoms with E-state index in [0.29, 0.717) is 44.2 Å².